The largest absolute Gasteiger partial charge is 0.479 e. The molecule has 0 spiro atoms. The molecule has 1 saturated carbocycles. The van der Waals surface area contributed by atoms with E-state index < -0.39 is 12.1 Å². The Bertz CT molecular complexity index is 632. The summed E-state index contributed by atoms with van der Waals surface area (Å²) < 4.78 is 5.66. The van der Waals surface area contributed by atoms with Crippen LogP contribution in [0.3, 0.4) is 0 Å². The van der Waals surface area contributed by atoms with Gasteiger partial charge in [0.05, 0.1) is 12.3 Å². The number of nitrogens with zero attached hydrogens (tertiary/aromatic N) is 2. The number of rotatable bonds is 4. The van der Waals surface area contributed by atoms with Crippen molar-refractivity contribution in [1.82, 2.24) is 14.9 Å². The minimum absolute atomic E-state index is 0.0172. The summed E-state index contributed by atoms with van der Waals surface area (Å²) in [5.41, 5.74) is 0.582. The van der Waals surface area contributed by atoms with Crippen molar-refractivity contribution in [3.8, 4) is 0 Å². The van der Waals surface area contributed by atoms with E-state index in [0.29, 0.717) is 37.0 Å². The Morgan fingerprint density at radius 1 is 1.17 bits per heavy atom. The standard InChI is InChI=1S/C17H23N3O4/c21-16(12-9-18-15(19-12)11-1-2-11)20-7-5-10(6-8-20)13-3-4-14(24-13)17(22)23/h9-11,13-14H,1-8H2,(H,18,19)(H,22,23)/t13-,14+/m0/s1. The molecule has 7 nitrogen and oxygen atoms in total. The summed E-state index contributed by atoms with van der Waals surface area (Å²) in [5.74, 6) is 0.952. The molecular weight excluding hydrogens is 310 g/mol. The molecule has 130 valence electrons. The Balaban J connectivity index is 1.30. The third kappa shape index (κ3) is 3.05. The van der Waals surface area contributed by atoms with Crippen LogP contribution < -0.4 is 0 Å². The SMILES string of the molecule is O=C(O)[C@H]1CC[C@@H](C2CCN(C(=O)c3cnc(C4CC4)[nH]3)CC2)O1. The van der Waals surface area contributed by atoms with Crippen LogP contribution in [-0.2, 0) is 9.53 Å². The van der Waals surface area contributed by atoms with Crippen molar-refractivity contribution in [2.75, 3.05) is 13.1 Å². The minimum atomic E-state index is -0.865. The molecule has 2 saturated heterocycles. The first-order valence-corrected chi connectivity index (χ1v) is 8.84. The summed E-state index contributed by atoms with van der Waals surface area (Å²) in [5, 5.41) is 9.03. The summed E-state index contributed by atoms with van der Waals surface area (Å²) in [6, 6.07) is 0. The Hall–Kier alpha value is -1.89. The average molecular weight is 333 g/mol. The number of carbonyl (C=O) groups is 2. The van der Waals surface area contributed by atoms with E-state index in [2.05, 4.69) is 9.97 Å². The second-order valence-corrected chi connectivity index (χ2v) is 7.16. The van der Waals surface area contributed by atoms with Gasteiger partial charge in [-0.05, 0) is 44.4 Å². The van der Waals surface area contributed by atoms with Gasteiger partial charge >= 0.3 is 5.97 Å². The summed E-state index contributed by atoms with van der Waals surface area (Å²) in [4.78, 5) is 32.9. The Kier molecular flexibility index (Phi) is 4.04. The number of aromatic nitrogens is 2. The van der Waals surface area contributed by atoms with E-state index in [1.54, 1.807) is 6.20 Å². The monoisotopic (exact) mass is 333 g/mol. The van der Waals surface area contributed by atoms with E-state index in [9.17, 15) is 9.59 Å². The van der Waals surface area contributed by atoms with Crippen molar-refractivity contribution in [1.29, 1.82) is 0 Å². The van der Waals surface area contributed by atoms with Gasteiger partial charge in [-0.1, -0.05) is 0 Å². The summed E-state index contributed by atoms with van der Waals surface area (Å²) in [6.45, 7) is 1.39. The molecule has 3 aliphatic rings. The first-order chi connectivity index (χ1) is 11.6. The Morgan fingerprint density at radius 3 is 2.54 bits per heavy atom. The van der Waals surface area contributed by atoms with E-state index >= 15 is 0 Å². The average Bonchev–Trinajstić information content (AvgIpc) is 3.13. The summed E-state index contributed by atoms with van der Waals surface area (Å²) >= 11 is 0. The highest BCUT2D eigenvalue weighted by molar-refractivity contribution is 5.92. The van der Waals surface area contributed by atoms with E-state index in [-0.39, 0.29) is 12.0 Å². The van der Waals surface area contributed by atoms with E-state index in [4.69, 9.17) is 9.84 Å². The van der Waals surface area contributed by atoms with Crippen LogP contribution in [0.4, 0.5) is 0 Å². The molecule has 1 aromatic heterocycles. The molecule has 1 aromatic rings. The lowest BCUT2D eigenvalue weighted by atomic mass is 9.89. The lowest BCUT2D eigenvalue weighted by Gasteiger charge is -2.34. The third-order valence-electron chi connectivity index (χ3n) is 5.47. The number of likely N-dealkylation sites (tertiary alicyclic amines) is 1. The van der Waals surface area contributed by atoms with Crippen LogP contribution in [0.1, 0.15) is 60.8 Å². The van der Waals surface area contributed by atoms with Crippen molar-refractivity contribution >= 4 is 11.9 Å². The third-order valence-corrected chi connectivity index (χ3v) is 5.47. The van der Waals surface area contributed by atoms with E-state index in [1.165, 1.54) is 0 Å². The molecule has 4 rings (SSSR count). The van der Waals surface area contributed by atoms with Gasteiger partial charge in [0, 0.05) is 19.0 Å². The highest BCUT2D eigenvalue weighted by Crippen LogP contribution is 2.38. The van der Waals surface area contributed by atoms with Gasteiger partial charge in [-0.15, -0.1) is 0 Å². The fourth-order valence-electron chi connectivity index (χ4n) is 3.85. The number of amides is 1. The fourth-order valence-corrected chi connectivity index (χ4v) is 3.85. The van der Waals surface area contributed by atoms with Gasteiger partial charge in [0.2, 0.25) is 0 Å². The number of piperidine rings is 1. The lowest BCUT2D eigenvalue weighted by molar-refractivity contribution is -0.150. The molecule has 2 N–H and O–H groups in total. The number of aliphatic carboxylic acids is 1. The van der Waals surface area contributed by atoms with Crippen molar-refractivity contribution in [2.24, 2.45) is 5.92 Å². The van der Waals surface area contributed by atoms with Crippen molar-refractivity contribution in [3.05, 3.63) is 17.7 Å². The molecule has 1 amide bonds. The maximum atomic E-state index is 12.6. The Labute approximate surface area is 140 Å². The molecule has 2 atom stereocenters. The molecule has 0 radical (unpaired) electrons. The maximum Gasteiger partial charge on any atom is 0.332 e. The van der Waals surface area contributed by atoms with Gasteiger partial charge in [-0.25, -0.2) is 9.78 Å². The number of carboxylic acid groups (broad SMARTS) is 1. The van der Waals surface area contributed by atoms with Crippen molar-refractivity contribution in [2.45, 2.75) is 56.7 Å². The number of imidazole rings is 1. The highest BCUT2D eigenvalue weighted by atomic mass is 16.5. The van der Waals surface area contributed by atoms with Crippen LogP contribution in [0.15, 0.2) is 6.20 Å². The van der Waals surface area contributed by atoms with Gasteiger partial charge in [0.15, 0.2) is 6.10 Å². The van der Waals surface area contributed by atoms with Gasteiger partial charge < -0.3 is 19.7 Å². The molecule has 3 heterocycles. The quantitative estimate of drug-likeness (QED) is 0.875. The van der Waals surface area contributed by atoms with E-state index in [0.717, 1.165) is 37.9 Å². The topological polar surface area (TPSA) is 95.5 Å². The van der Waals surface area contributed by atoms with Crippen molar-refractivity contribution in [3.63, 3.8) is 0 Å². The lowest BCUT2D eigenvalue weighted by Crippen LogP contribution is -2.41. The molecule has 3 fully saturated rings. The van der Waals surface area contributed by atoms with E-state index in [1.807, 2.05) is 4.90 Å². The minimum Gasteiger partial charge on any atom is -0.479 e. The number of ether oxygens (including phenoxy) is 1. The van der Waals surface area contributed by atoms with Crippen LogP contribution >= 0.6 is 0 Å². The van der Waals surface area contributed by atoms with Gasteiger partial charge in [0.25, 0.3) is 5.91 Å². The van der Waals surface area contributed by atoms with Crippen LogP contribution in [0, 0.1) is 5.92 Å². The van der Waals surface area contributed by atoms with Gasteiger partial charge in [-0.3, -0.25) is 4.79 Å². The first-order valence-electron chi connectivity index (χ1n) is 8.84. The molecule has 0 aromatic carbocycles. The molecular formula is C17H23N3O4. The fraction of sp³-hybridized carbons (Fsp3) is 0.706. The predicted octanol–water partition coefficient (Wildman–Crippen LogP) is 1.77. The Morgan fingerprint density at radius 2 is 1.92 bits per heavy atom. The first kappa shape index (κ1) is 15.6. The highest BCUT2D eigenvalue weighted by Gasteiger charge is 2.37. The molecule has 2 aliphatic heterocycles. The maximum absolute atomic E-state index is 12.6. The number of hydrogen-bond donors (Lipinski definition) is 2. The van der Waals surface area contributed by atoms with Crippen LogP contribution in [0.2, 0.25) is 0 Å². The zero-order chi connectivity index (χ0) is 16.7. The molecule has 7 heteroatoms. The number of hydrogen-bond acceptors (Lipinski definition) is 4. The van der Waals surface area contributed by atoms with Gasteiger partial charge in [-0.2, -0.15) is 0 Å². The number of H-pyrrole nitrogens is 1. The second kappa shape index (κ2) is 6.20. The number of carboxylic acids is 1. The summed E-state index contributed by atoms with van der Waals surface area (Å²) in [7, 11) is 0. The smallest absolute Gasteiger partial charge is 0.332 e. The molecule has 24 heavy (non-hydrogen) atoms. The van der Waals surface area contributed by atoms with Crippen LogP contribution in [0.25, 0.3) is 0 Å². The summed E-state index contributed by atoms with van der Waals surface area (Å²) in [6.07, 6.45) is 6.48. The normalized spacial score (nSPS) is 28.2. The number of nitrogens with one attached hydrogen (secondary N) is 1. The molecule has 0 bridgehead atoms. The molecule has 0 unspecified atom stereocenters. The van der Waals surface area contributed by atoms with Gasteiger partial charge in [0.1, 0.15) is 11.5 Å². The zero-order valence-electron chi connectivity index (χ0n) is 13.6. The van der Waals surface area contributed by atoms with Crippen LogP contribution in [-0.4, -0.2) is 57.1 Å². The number of aromatic amines is 1. The molecule has 1 aliphatic carbocycles. The number of carbonyl (C=O) groups excluding carboxylic acids is 1. The zero-order valence-corrected chi connectivity index (χ0v) is 13.6. The second-order valence-electron chi connectivity index (χ2n) is 7.16. The van der Waals surface area contributed by atoms with Crippen molar-refractivity contribution < 1.29 is 19.4 Å². The predicted molar refractivity (Wildman–Crippen MR) is 84.7 cm³/mol. The van der Waals surface area contributed by atoms with Crippen LogP contribution in [0.5, 0.6) is 0 Å².